The Kier molecular flexibility index (Phi) is 6.48. The highest BCUT2D eigenvalue weighted by Crippen LogP contribution is 2.41. The average molecular weight is 357 g/mol. The molecular formula is C17H29BrOSi. The number of hydrogen-bond donors (Lipinski definition) is 0. The van der Waals surface area contributed by atoms with E-state index in [1.165, 1.54) is 18.4 Å². The van der Waals surface area contributed by atoms with Crippen molar-refractivity contribution in [2.24, 2.45) is 0 Å². The van der Waals surface area contributed by atoms with Crippen LogP contribution >= 0.6 is 15.9 Å². The predicted molar refractivity (Wildman–Crippen MR) is 94.7 cm³/mol. The van der Waals surface area contributed by atoms with Crippen LogP contribution < -0.4 is 0 Å². The van der Waals surface area contributed by atoms with Gasteiger partial charge in [-0.25, -0.2) is 0 Å². The zero-order chi connectivity index (χ0) is 15.4. The largest absolute Gasteiger partial charge is 0.410 e. The molecule has 0 fully saturated rings. The first-order valence-electron chi connectivity index (χ1n) is 7.60. The molecule has 1 atom stereocenters. The molecule has 0 heterocycles. The van der Waals surface area contributed by atoms with Crippen molar-refractivity contribution in [3.63, 3.8) is 0 Å². The summed E-state index contributed by atoms with van der Waals surface area (Å²) < 4.78 is 7.78. The lowest BCUT2D eigenvalue weighted by molar-refractivity contribution is 0.170. The van der Waals surface area contributed by atoms with Crippen molar-refractivity contribution in [1.29, 1.82) is 0 Å². The summed E-state index contributed by atoms with van der Waals surface area (Å²) in [5.41, 5.74) is 1.31. The van der Waals surface area contributed by atoms with Crippen molar-refractivity contribution in [2.45, 2.75) is 71.2 Å². The highest BCUT2D eigenvalue weighted by atomic mass is 79.9. The quantitative estimate of drug-likeness (QED) is 0.515. The monoisotopic (exact) mass is 356 g/mol. The van der Waals surface area contributed by atoms with Gasteiger partial charge in [0, 0.05) is 4.47 Å². The van der Waals surface area contributed by atoms with Gasteiger partial charge in [0.25, 0.3) is 0 Å². The van der Waals surface area contributed by atoms with E-state index in [9.17, 15) is 0 Å². The molecule has 1 rings (SSSR count). The Morgan fingerprint density at radius 3 is 2.15 bits per heavy atom. The van der Waals surface area contributed by atoms with E-state index < -0.39 is 8.32 Å². The first-order valence-corrected chi connectivity index (χ1v) is 11.3. The SMILES string of the molecule is CCCCC(O[Si](C)(C)C(C)(C)C)c1ccc(Br)cc1. The number of rotatable bonds is 6. The van der Waals surface area contributed by atoms with Gasteiger partial charge in [-0.05, 0) is 42.2 Å². The summed E-state index contributed by atoms with van der Waals surface area (Å²) in [4.78, 5) is 0. The fourth-order valence-electron chi connectivity index (χ4n) is 1.89. The van der Waals surface area contributed by atoms with E-state index >= 15 is 0 Å². The van der Waals surface area contributed by atoms with Crippen LogP contribution in [0.5, 0.6) is 0 Å². The molecule has 3 heteroatoms. The van der Waals surface area contributed by atoms with Crippen LogP contribution in [0.1, 0.15) is 58.6 Å². The second-order valence-corrected chi connectivity index (χ2v) is 12.7. The second kappa shape index (κ2) is 7.23. The van der Waals surface area contributed by atoms with Gasteiger partial charge in [-0.3, -0.25) is 0 Å². The number of hydrogen-bond acceptors (Lipinski definition) is 1. The van der Waals surface area contributed by atoms with E-state index in [-0.39, 0.29) is 11.1 Å². The van der Waals surface area contributed by atoms with Crippen LogP contribution in [-0.4, -0.2) is 8.32 Å². The molecule has 1 aromatic rings. The van der Waals surface area contributed by atoms with Crippen LogP contribution in [0, 0.1) is 0 Å². The van der Waals surface area contributed by atoms with Crippen LogP contribution in [0.4, 0.5) is 0 Å². The normalized spacial score (nSPS) is 14.3. The summed E-state index contributed by atoms with van der Waals surface area (Å²) in [5.74, 6) is 0. The first-order chi connectivity index (χ1) is 9.17. The Hall–Kier alpha value is -0.123. The maximum absolute atomic E-state index is 6.65. The number of halogens is 1. The molecule has 0 aliphatic rings. The summed E-state index contributed by atoms with van der Waals surface area (Å²) >= 11 is 3.51. The smallest absolute Gasteiger partial charge is 0.192 e. The van der Waals surface area contributed by atoms with E-state index in [0.29, 0.717) is 0 Å². The Balaban J connectivity index is 2.92. The minimum atomic E-state index is -1.73. The summed E-state index contributed by atoms with van der Waals surface area (Å²) in [6.45, 7) is 13.8. The molecule has 0 N–H and O–H groups in total. The number of benzene rings is 1. The summed E-state index contributed by atoms with van der Waals surface area (Å²) in [7, 11) is -1.73. The Bertz CT molecular complexity index is 406. The third kappa shape index (κ3) is 5.01. The van der Waals surface area contributed by atoms with Crippen LogP contribution in [0.25, 0.3) is 0 Å². The highest BCUT2D eigenvalue weighted by molar-refractivity contribution is 9.10. The van der Waals surface area contributed by atoms with Gasteiger partial charge in [-0.15, -0.1) is 0 Å². The Labute approximate surface area is 134 Å². The molecule has 0 spiro atoms. The molecule has 0 radical (unpaired) electrons. The minimum Gasteiger partial charge on any atom is -0.410 e. The molecule has 0 aliphatic heterocycles. The third-order valence-electron chi connectivity index (χ3n) is 4.30. The van der Waals surface area contributed by atoms with E-state index in [0.717, 1.165) is 10.9 Å². The predicted octanol–water partition coefficient (Wildman–Crippen LogP) is 6.70. The van der Waals surface area contributed by atoms with E-state index in [2.05, 4.69) is 81.0 Å². The Morgan fingerprint density at radius 2 is 1.70 bits per heavy atom. The second-order valence-electron chi connectivity index (χ2n) is 7.06. The van der Waals surface area contributed by atoms with Crippen LogP contribution in [0.2, 0.25) is 18.1 Å². The first kappa shape index (κ1) is 17.9. The van der Waals surface area contributed by atoms with E-state index in [1.54, 1.807) is 0 Å². The molecule has 0 amide bonds. The van der Waals surface area contributed by atoms with Crippen molar-refractivity contribution in [2.75, 3.05) is 0 Å². The van der Waals surface area contributed by atoms with Crippen molar-refractivity contribution >= 4 is 24.2 Å². The molecule has 0 bridgehead atoms. The van der Waals surface area contributed by atoms with E-state index in [4.69, 9.17) is 4.43 Å². The zero-order valence-corrected chi connectivity index (χ0v) is 16.4. The van der Waals surface area contributed by atoms with Crippen LogP contribution in [-0.2, 0) is 4.43 Å². The molecule has 1 aromatic carbocycles. The van der Waals surface area contributed by atoms with Gasteiger partial charge >= 0.3 is 0 Å². The molecule has 0 saturated carbocycles. The lowest BCUT2D eigenvalue weighted by atomic mass is 10.0. The summed E-state index contributed by atoms with van der Waals surface area (Å²) in [5, 5.41) is 0.257. The molecular weight excluding hydrogens is 328 g/mol. The molecule has 1 nitrogen and oxygen atoms in total. The fourth-order valence-corrected chi connectivity index (χ4v) is 3.48. The lowest BCUT2D eigenvalue weighted by Crippen LogP contribution is -2.41. The van der Waals surface area contributed by atoms with Gasteiger partial charge in [0.05, 0.1) is 6.10 Å². The maximum atomic E-state index is 6.65. The molecule has 0 aromatic heterocycles. The zero-order valence-electron chi connectivity index (χ0n) is 13.8. The summed E-state index contributed by atoms with van der Waals surface area (Å²) in [6.07, 6.45) is 3.79. The van der Waals surface area contributed by atoms with Gasteiger partial charge in [-0.2, -0.15) is 0 Å². The minimum absolute atomic E-state index is 0.240. The van der Waals surface area contributed by atoms with Crippen molar-refractivity contribution in [1.82, 2.24) is 0 Å². The van der Waals surface area contributed by atoms with Crippen LogP contribution in [0.3, 0.4) is 0 Å². The number of unbranched alkanes of at least 4 members (excludes halogenated alkanes) is 1. The average Bonchev–Trinajstić information content (AvgIpc) is 2.34. The molecule has 20 heavy (non-hydrogen) atoms. The molecule has 114 valence electrons. The third-order valence-corrected chi connectivity index (χ3v) is 9.32. The maximum Gasteiger partial charge on any atom is 0.192 e. The molecule has 1 unspecified atom stereocenters. The van der Waals surface area contributed by atoms with Gasteiger partial charge < -0.3 is 4.43 Å². The molecule has 0 saturated heterocycles. The van der Waals surface area contributed by atoms with Crippen LogP contribution in [0.15, 0.2) is 28.7 Å². The van der Waals surface area contributed by atoms with Gasteiger partial charge in [0.2, 0.25) is 0 Å². The van der Waals surface area contributed by atoms with Crippen molar-refractivity contribution in [3.8, 4) is 0 Å². The van der Waals surface area contributed by atoms with Gasteiger partial charge in [0.1, 0.15) is 0 Å². The Morgan fingerprint density at radius 1 is 1.15 bits per heavy atom. The van der Waals surface area contributed by atoms with Crippen molar-refractivity contribution < 1.29 is 4.43 Å². The van der Waals surface area contributed by atoms with Crippen molar-refractivity contribution in [3.05, 3.63) is 34.3 Å². The molecule has 0 aliphatic carbocycles. The fraction of sp³-hybridized carbons (Fsp3) is 0.647. The van der Waals surface area contributed by atoms with Gasteiger partial charge in [-0.1, -0.05) is 68.6 Å². The lowest BCUT2D eigenvalue weighted by Gasteiger charge is -2.39. The summed E-state index contributed by atoms with van der Waals surface area (Å²) in [6, 6.07) is 8.61. The topological polar surface area (TPSA) is 9.23 Å². The van der Waals surface area contributed by atoms with Gasteiger partial charge in [0.15, 0.2) is 8.32 Å². The van der Waals surface area contributed by atoms with E-state index in [1.807, 2.05) is 0 Å². The standard InChI is InChI=1S/C17H29BrOSi/c1-7-8-9-16(14-10-12-15(18)13-11-14)19-20(5,6)17(2,3)4/h10-13,16H,7-9H2,1-6H3. The highest BCUT2D eigenvalue weighted by Gasteiger charge is 2.39.